The van der Waals surface area contributed by atoms with Gasteiger partial charge in [0, 0.05) is 24.1 Å². The molecule has 0 bridgehead atoms. The molecule has 0 aromatic heterocycles. The first-order valence-electron chi connectivity index (χ1n) is 4.84. The molecule has 0 fully saturated rings. The van der Waals surface area contributed by atoms with E-state index in [1.807, 2.05) is 7.05 Å². The van der Waals surface area contributed by atoms with Gasteiger partial charge in [0.1, 0.15) is 0 Å². The Morgan fingerprint density at radius 1 is 1.29 bits per heavy atom. The van der Waals surface area contributed by atoms with Crippen molar-refractivity contribution in [2.75, 3.05) is 20.1 Å². The van der Waals surface area contributed by atoms with E-state index in [9.17, 15) is 0 Å². The van der Waals surface area contributed by atoms with Crippen molar-refractivity contribution < 1.29 is 0 Å². The Kier molecular flexibility index (Phi) is 5.15. The highest BCUT2D eigenvalue weighted by Crippen LogP contribution is 2.17. The van der Waals surface area contributed by atoms with Gasteiger partial charge in [0.15, 0.2) is 0 Å². The fraction of sp³-hybridized carbons (Fsp3) is 0.455. The Balaban J connectivity index is 2.39. The van der Waals surface area contributed by atoms with Gasteiger partial charge >= 0.3 is 0 Å². The van der Waals surface area contributed by atoms with Crippen molar-refractivity contribution in [1.29, 1.82) is 0 Å². The zero-order valence-electron chi connectivity index (χ0n) is 8.73. The van der Waals surface area contributed by atoms with E-state index in [4.69, 9.17) is 0 Å². The summed E-state index contributed by atoms with van der Waals surface area (Å²) in [6, 6.07) is 6.47. The van der Waals surface area contributed by atoms with Gasteiger partial charge in [-0.3, -0.25) is 0 Å². The molecule has 1 aromatic rings. The highest BCUT2D eigenvalue weighted by Gasteiger charge is 1.96. The molecule has 0 aliphatic heterocycles. The maximum atomic E-state index is 3.53. The van der Waals surface area contributed by atoms with Gasteiger partial charge in [-0.15, -0.1) is 0 Å². The lowest BCUT2D eigenvalue weighted by molar-refractivity contribution is 0.650. The van der Waals surface area contributed by atoms with Gasteiger partial charge in [0.05, 0.1) is 0 Å². The summed E-state index contributed by atoms with van der Waals surface area (Å²) in [7, 11) is 1.96. The van der Waals surface area contributed by atoms with Crippen LogP contribution in [-0.2, 0) is 6.54 Å². The van der Waals surface area contributed by atoms with E-state index < -0.39 is 0 Å². The second-order valence-corrected chi connectivity index (χ2v) is 4.22. The van der Waals surface area contributed by atoms with E-state index in [1.54, 1.807) is 0 Å². The molecular weight excluding hydrogens is 240 g/mol. The van der Waals surface area contributed by atoms with Crippen LogP contribution in [0.4, 0.5) is 0 Å². The molecule has 1 aromatic carbocycles. The molecule has 0 heterocycles. The van der Waals surface area contributed by atoms with Crippen LogP contribution in [0, 0.1) is 6.92 Å². The van der Waals surface area contributed by atoms with Crippen LogP contribution in [-0.4, -0.2) is 20.1 Å². The van der Waals surface area contributed by atoms with E-state index >= 15 is 0 Å². The molecule has 0 spiro atoms. The number of halogens is 1. The second kappa shape index (κ2) is 6.17. The Labute approximate surface area is 94.2 Å². The van der Waals surface area contributed by atoms with Crippen molar-refractivity contribution in [3.8, 4) is 0 Å². The van der Waals surface area contributed by atoms with Gasteiger partial charge in [-0.05, 0) is 31.2 Å². The number of likely N-dealkylation sites (N-methyl/N-ethyl adjacent to an activating group) is 1. The Morgan fingerprint density at radius 3 is 2.71 bits per heavy atom. The Morgan fingerprint density at radius 2 is 2.07 bits per heavy atom. The standard InChI is InChI=1S/C11H17BrN2/c1-9-3-4-10(7-11(9)12)8-14-6-5-13-2/h3-4,7,13-14H,5-6,8H2,1-2H3. The first kappa shape index (κ1) is 11.7. The topological polar surface area (TPSA) is 24.1 Å². The van der Waals surface area contributed by atoms with Crippen LogP contribution in [0.5, 0.6) is 0 Å². The molecule has 78 valence electrons. The van der Waals surface area contributed by atoms with Crippen LogP contribution < -0.4 is 10.6 Å². The van der Waals surface area contributed by atoms with Crippen molar-refractivity contribution in [2.24, 2.45) is 0 Å². The molecule has 0 amide bonds. The molecule has 0 atom stereocenters. The Bertz CT molecular complexity index is 287. The summed E-state index contributed by atoms with van der Waals surface area (Å²) in [5.74, 6) is 0. The summed E-state index contributed by atoms with van der Waals surface area (Å²) >= 11 is 3.53. The number of aryl methyl sites for hydroxylation is 1. The monoisotopic (exact) mass is 256 g/mol. The lowest BCUT2D eigenvalue weighted by atomic mass is 10.1. The molecule has 2 N–H and O–H groups in total. The molecular formula is C11H17BrN2. The molecule has 0 aliphatic rings. The summed E-state index contributed by atoms with van der Waals surface area (Å²) in [4.78, 5) is 0. The third-order valence-electron chi connectivity index (χ3n) is 2.12. The second-order valence-electron chi connectivity index (χ2n) is 3.36. The number of benzene rings is 1. The van der Waals surface area contributed by atoms with Gasteiger partial charge in [-0.1, -0.05) is 28.1 Å². The Hall–Kier alpha value is -0.380. The normalized spacial score (nSPS) is 10.5. The van der Waals surface area contributed by atoms with Crippen LogP contribution in [0.2, 0.25) is 0 Å². The zero-order chi connectivity index (χ0) is 10.4. The minimum absolute atomic E-state index is 0.931. The van der Waals surface area contributed by atoms with Crippen LogP contribution in [0.25, 0.3) is 0 Å². The lowest BCUT2D eigenvalue weighted by Gasteiger charge is -2.06. The molecule has 0 unspecified atom stereocenters. The van der Waals surface area contributed by atoms with E-state index in [2.05, 4.69) is 51.7 Å². The number of nitrogens with one attached hydrogen (secondary N) is 2. The minimum Gasteiger partial charge on any atom is -0.318 e. The van der Waals surface area contributed by atoms with Crippen LogP contribution in [0.1, 0.15) is 11.1 Å². The van der Waals surface area contributed by atoms with E-state index in [-0.39, 0.29) is 0 Å². The first-order chi connectivity index (χ1) is 6.74. The third-order valence-corrected chi connectivity index (χ3v) is 2.97. The highest BCUT2D eigenvalue weighted by molar-refractivity contribution is 9.10. The SMILES string of the molecule is CNCCNCc1ccc(C)c(Br)c1. The first-order valence-corrected chi connectivity index (χ1v) is 5.63. The van der Waals surface area contributed by atoms with Gasteiger partial charge < -0.3 is 10.6 Å². The van der Waals surface area contributed by atoms with Crippen molar-refractivity contribution >= 4 is 15.9 Å². The predicted octanol–water partition coefficient (Wildman–Crippen LogP) is 2.07. The van der Waals surface area contributed by atoms with Crippen LogP contribution in [0.15, 0.2) is 22.7 Å². The van der Waals surface area contributed by atoms with Gasteiger partial charge in [-0.25, -0.2) is 0 Å². The summed E-state index contributed by atoms with van der Waals surface area (Å²) in [6.45, 7) is 5.04. The molecule has 0 radical (unpaired) electrons. The molecule has 0 aliphatic carbocycles. The molecule has 0 saturated heterocycles. The fourth-order valence-electron chi connectivity index (χ4n) is 1.19. The maximum Gasteiger partial charge on any atom is 0.0207 e. The molecule has 2 nitrogen and oxygen atoms in total. The summed E-state index contributed by atoms with van der Waals surface area (Å²) in [5.41, 5.74) is 2.60. The smallest absolute Gasteiger partial charge is 0.0207 e. The summed E-state index contributed by atoms with van der Waals surface area (Å²) in [5, 5.41) is 6.47. The van der Waals surface area contributed by atoms with E-state index in [1.165, 1.54) is 15.6 Å². The van der Waals surface area contributed by atoms with E-state index in [0.29, 0.717) is 0 Å². The van der Waals surface area contributed by atoms with E-state index in [0.717, 1.165) is 19.6 Å². The van der Waals surface area contributed by atoms with Crippen molar-refractivity contribution in [3.05, 3.63) is 33.8 Å². The number of hydrogen-bond donors (Lipinski definition) is 2. The quantitative estimate of drug-likeness (QED) is 0.789. The average molecular weight is 257 g/mol. The zero-order valence-corrected chi connectivity index (χ0v) is 10.3. The van der Waals surface area contributed by atoms with Crippen LogP contribution >= 0.6 is 15.9 Å². The van der Waals surface area contributed by atoms with Crippen molar-refractivity contribution in [3.63, 3.8) is 0 Å². The fourth-order valence-corrected chi connectivity index (χ4v) is 1.62. The lowest BCUT2D eigenvalue weighted by Crippen LogP contribution is -2.24. The summed E-state index contributed by atoms with van der Waals surface area (Å²) < 4.78 is 1.19. The molecule has 0 saturated carbocycles. The van der Waals surface area contributed by atoms with Crippen molar-refractivity contribution in [2.45, 2.75) is 13.5 Å². The third kappa shape index (κ3) is 3.78. The average Bonchev–Trinajstić information content (AvgIpc) is 2.18. The van der Waals surface area contributed by atoms with Gasteiger partial charge in [-0.2, -0.15) is 0 Å². The van der Waals surface area contributed by atoms with Gasteiger partial charge in [0.2, 0.25) is 0 Å². The maximum absolute atomic E-state index is 3.53. The van der Waals surface area contributed by atoms with Crippen LogP contribution in [0.3, 0.4) is 0 Å². The molecule has 3 heteroatoms. The van der Waals surface area contributed by atoms with Gasteiger partial charge in [0.25, 0.3) is 0 Å². The minimum atomic E-state index is 0.931. The number of rotatable bonds is 5. The summed E-state index contributed by atoms with van der Waals surface area (Å²) in [6.07, 6.45) is 0. The highest BCUT2D eigenvalue weighted by atomic mass is 79.9. The molecule has 14 heavy (non-hydrogen) atoms. The predicted molar refractivity (Wildman–Crippen MR) is 64.5 cm³/mol. The number of hydrogen-bond acceptors (Lipinski definition) is 2. The van der Waals surface area contributed by atoms with Crippen molar-refractivity contribution in [1.82, 2.24) is 10.6 Å². The largest absolute Gasteiger partial charge is 0.318 e. The molecule has 1 rings (SSSR count).